The Morgan fingerprint density at radius 1 is 0.651 bits per heavy atom. The van der Waals surface area contributed by atoms with Crippen molar-refractivity contribution in [2.24, 2.45) is 0 Å². The van der Waals surface area contributed by atoms with E-state index in [2.05, 4.69) is 142 Å². The Morgan fingerprint density at radius 2 is 1.30 bits per heavy atom. The predicted molar refractivity (Wildman–Crippen MR) is 187 cm³/mol. The summed E-state index contributed by atoms with van der Waals surface area (Å²) in [5.74, 6) is 0. The van der Waals surface area contributed by atoms with Crippen LogP contribution in [0.5, 0.6) is 0 Å². The molecule has 0 unspecified atom stereocenters. The van der Waals surface area contributed by atoms with Gasteiger partial charge in [0.15, 0.2) is 0 Å². The van der Waals surface area contributed by atoms with Gasteiger partial charge in [-0.3, -0.25) is 0 Å². The lowest BCUT2D eigenvalue weighted by atomic mass is 9.39. The number of thiophene rings is 1. The number of para-hydroxylation sites is 2. The lowest BCUT2D eigenvalue weighted by Crippen LogP contribution is -2.54. The summed E-state index contributed by atoms with van der Waals surface area (Å²) in [4.78, 5) is 2.49. The SMILES string of the molecule is CC1(C)CCC(C)(C)c2cc3c4c(sc3cc21)B1c2ccccc2N(c2ccccc2)c2ccc(-c3ccccc3)c-4c21. The van der Waals surface area contributed by atoms with Crippen LogP contribution in [0.25, 0.3) is 32.3 Å². The summed E-state index contributed by atoms with van der Waals surface area (Å²) in [6.45, 7) is 10.0. The Morgan fingerprint density at radius 3 is 2.05 bits per heavy atom. The third-order valence-electron chi connectivity index (χ3n) is 10.5. The molecule has 0 saturated carbocycles. The van der Waals surface area contributed by atoms with Gasteiger partial charge in [0.1, 0.15) is 0 Å². The topological polar surface area (TPSA) is 3.24 Å². The van der Waals surface area contributed by atoms with E-state index in [0.717, 1.165) is 0 Å². The van der Waals surface area contributed by atoms with E-state index >= 15 is 0 Å². The van der Waals surface area contributed by atoms with Crippen LogP contribution >= 0.6 is 11.3 Å². The van der Waals surface area contributed by atoms with E-state index in [-0.39, 0.29) is 17.5 Å². The number of fused-ring (bicyclic) bond motifs is 8. The van der Waals surface area contributed by atoms with Crippen LogP contribution in [0.2, 0.25) is 0 Å². The summed E-state index contributed by atoms with van der Waals surface area (Å²) in [6, 6.07) is 41.0. The monoisotopic (exact) mass is 571 g/mol. The van der Waals surface area contributed by atoms with Gasteiger partial charge in [0.05, 0.1) is 0 Å². The van der Waals surface area contributed by atoms with Gasteiger partial charge in [-0.15, -0.1) is 11.3 Å². The van der Waals surface area contributed by atoms with Gasteiger partial charge in [0.2, 0.25) is 0 Å². The van der Waals surface area contributed by atoms with Crippen molar-refractivity contribution in [2.75, 3.05) is 4.90 Å². The Labute approximate surface area is 258 Å². The van der Waals surface area contributed by atoms with E-state index in [4.69, 9.17) is 0 Å². The third kappa shape index (κ3) is 3.46. The van der Waals surface area contributed by atoms with Crippen LogP contribution in [0, 0.1) is 0 Å². The first-order chi connectivity index (χ1) is 20.8. The molecule has 3 heterocycles. The molecule has 0 atom stereocenters. The van der Waals surface area contributed by atoms with Crippen LogP contribution in [-0.4, -0.2) is 6.71 Å². The van der Waals surface area contributed by atoms with E-state index in [9.17, 15) is 0 Å². The van der Waals surface area contributed by atoms with E-state index in [0.29, 0.717) is 0 Å². The predicted octanol–water partition coefficient (Wildman–Crippen LogP) is 9.20. The quantitative estimate of drug-likeness (QED) is 0.187. The maximum atomic E-state index is 2.60. The number of anilines is 3. The molecule has 0 spiro atoms. The molecule has 9 rings (SSSR count). The van der Waals surface area contributed by atoms with Crippen molar-refractivity contribution < 1.29 is 0 Å². The average molecular weight is 572 g/mol. The molecule has 0 saturated heterocycles. The second kappa shape index (κ2) is 8.74. The fourth-order valence-corrected chi connectivity index (χ4v) is 9.57. The Bertz CT molecular complexity index is 2090. The van der Waals surface area contributed by atoms with Gasteiger partial charge in [-0.2, -0.15) is 0 Å². The largest absolute Gasteiger partial charge is 0.311 e. The molecule has 3 heteroatoms. The minimum Gasteiger partial charge on any atom is -0.311 e. The van der Waals surface area contributed by atoms with Crippen molar-refractivity contribution in [2.45, 2.75) is 51.4 Å². The van der Waals surface area contributed by atoms with Gasteiger partial charge in [0, 0.05) is 27.1 Å². The van der Waals surface area contributed by atoms with Crippen LogP contribution in [0.1, 0.15) is 51.7 Å². The number of hydrogen-bond acceptors (Lipinski definition) is 2. The highest BCUT2D eigenvalue weighted by molar-refractivity contribution is 7.34. The number of rotatable bonds is 2. The molecule has 6 aromatic rings. The molecule has 0 radical (unpaired) electrons. The maximum Gasteiger partial charge on any atom is 0.260 e. The highest BCUT2D eigenvalue weighted by Gasteiger charge is 2.46. The standard InChI is InChI=1S/C40H34BNS/c1-39(2)21-22-40(3,4)30-24-34-28(23-29(30)39)36-35-27(25-13-7-5-8-14-25)19-20-33-37(35)41(38(36)43-34)31-17-11-12-18-32(31)42(33)26-15-9-6-10-16-26/h5-20,23-24H,21-22H2,1-4H3. The first-order valence-electron chi connectivity index (χ1n) is 15.6. The molecule has 0 N–H and O–H groups in total. The van der Waals surface area contributed by atoms with Gasteiger partial charge in [-0.25, -0.2) is 0 Å². The van der Waals surface area contributed by atoms with Crippen LogP contribution in [-0.2, 0) is 10.8 Å². The van der Waals surface area contributed by atoms with Crippen LogP contribution in [0.15, 0.2) is 109 Å². The zero-order valence-electron chi connectivity index (χ0n) is 25.2. The Kier molecular flexibility index (Phi) is 5.17. The molecular formula is C40H34BNS. The van der Waals surface area contributed by atoms with Gasteiger partial charge in [-0.1, -0.05) is 100 Å². The number of nitrogens with zero attached hydrogens (tertiary/aromatic N) is 1. The molecule has 1 aromatic heterocycles. The van der Waals surface area contributed by atoms with Crippen LogP contribution in [0.3, 0.4) is 0 Å². The fourth-order valence-electron chi connectivity index (χ4n) is 8.21. The number of benzene rings is 5. The molecular weight excluding hydrogens is 537 g/mol. The zero-order chi connectivity index (χ0) is 29.1. The molecule has 0 fully saturated rings. The molecule has 0 amide bonds. The van der Waals surface area contributed by atoms with Crippen LogP contribution in [0.4, 0.5) is 17.1 Å². The van der Waals surface area contributed by atoms with Gasteiger partial charge >= 0.3 is 0 Å². The van der Waals surface area contributed by atoms with Gasteiger partial charge in [0.25, 0.3) is 6.71 Å². The summed E-state index contributed by atoms with van der Waals surface area (Å²) in [5.41, 5.74) is 15.6. The average Bonchev–Trinajstić information content (AvgIpc) is 3.56. The molecule has 0 bridgehead atoms. The van der Waals surface area contributed by atoms with Crippen molar-refractivity contribution in [3.63, 3.8) is 0 Å². The van der Waals surface area contributed by atoms with Crippen molar-refractivity contribution in [3.05, 3.63) is 120 Å². The van der Waals surface area contributed by atoms with Crippen molar-refractivity contribution in [1.82, 2.24) is 0 Å². The van der Waals surface area contributed by atoms with Crippen molar-refractivity contribution in [1.29, 1.82) is 0 Å². The maximum absolute atomic E-state index is 2.60. The zero-order valence-corrected chi connectivity index (χ0v) is 26.1. The summed E-state index contributed by atoms with van der Waals surface area (Å²) < 4.78 is 2.94. The normalized spacial score (nSPS) is 16.9. The second-order valence-corrected chi connectivity index (χ2v) is 15.0. The first-order valence-corrected chi connectivity index (χ1v) is 16.4. The minimum atomic E-state index is 0.170. The molecule has 1 nitrogen and oxygen atoms in total. The molecule has 208 valence electrons. The summed E-state index contributed by atoms with van der Waals surface area (Å²) >= 11 is 2.04. The highest BCUT2D eigenvalue weighted by Crippen LogP contribution is 2.51. The smallest absolute Gasteiger partial charge is 0.260 e. The summed E-state index contributed by atoms with van der Waals surface area (Å²) in [5, 5.41) is 1.44. The van der Waals surface area contributed by atoms with E-state index in [1.54, 1.807) is 11.1 Å². The molecule has 2 aliphatic heterocycles. The second-order valence-electron chi connectivity index (χ2n) is 14.0. The van der Waals surface area contributed by atoms with Crippen LogP contribution < -0.4 is 20.6 Å². The minimum absolute atomic E-state index is 0.170. The summed E-state index contributed by atoms with van der Waals surface area (Å²) in [6.07, 6.45) is 2.46. The lowest BCUT2D eigenvalue weighted by molar-refractivity contribution is 0.332. The Hall–Kier alpha value is -4.08. The van der Waals surface area contributed by atoms with E-state index in [1.807, 2.05) is 11.3 Å². The third-order valence-corrected chi connectivity index (χ3v) is 11.8. The Balaban J connectivity index is 1.42. The molecule has 5 aromatic carbocycles. The molecule has 3 aliphatic rings. The fraction of sp³-hybridized carbons (Fsp3) is 0.200. The number of hydrogen-bond donors (Lipinski definition) is 0. The molecule has 1 aliphatic carbocycles. The van der Waals surface area contributed by atoms with Crippen molar-refractivity contribution in [3.8, 4) is 22.3 Å². The molecule has 43 heavy (non-hydrogen) atoms. The van der Waals surface area contributed by atoms with Gasteiger partial charge < -0.3 is 4.90 Å². The van der Waals surface area contributed by atoms with E-state index in [1.165, 1.54) is 77.9 Å². The summed E-state index contributed by atoms with van der Waals surface area (Å²) in [7, 11) is 0. The van der Waals surface area contributed by atoms with E-state index < -0.39 is 0 Å². The highest BCUT2D eigenvalue weighted by atomic mass is 32.1. The lowest BCUT2D eigenvalue weighted by Gasteiger charge is -2.42. The van der Waals surface area contributed by atoms with Gasteiger partial charge in [-0.05, 0) is 109 Å². The first kappa shape index (κ1) is 25.4. The van der Waals surface area contributed by atoms with Crippen molar-refractivity contribution >= 4 is 60.9 Å².